The Morgan fingerprint density at radius 3 is 2.50 bits per heavy atom. The average Bonchev–Trinajstić information content (AvgIpc) is 2.36. The topological polar surface area (TPSA) is 44.4 Å². The van der Waals surface area contributed by atoms with Gasteiger partial charge in [-0.1, -0.05) is 20.3 Å². The van der Waals surface area contributed by atoms with Gasteiger partial charge in [0, 0.05) is 25.0 Å². The van der Waals surface area contributed by atoms with E-state index in [1.165, 1.54) is 32.4 Å². The van der Waals surface area contributed by atoms with Crippen LogP contribution in [0.1, 0.15) is 40.0 Å². The van der Waals surface area contributed by atoms with E-state index in [1.54, 1.807) is 0 Å². The van der Waals surface area contributed by atoms with Gasteiger partial charge >= 0.3 is 0 Å². The number of rotatable bonds is 7. The van der Waals surface area contributed by atoms with E-state index in [4.69, 9.17) is 0 Å². The summed E-state index contributed by atoms with van der Waals surface area (Å²) >= 11 is 0. The molecule has 1 aliphatic heterocycles. The van der Waals surface area contributed by atoms with Crippen molar-refractivity contribution < 1.29 is 4.79 Å². The van der Waals surface area contributed by atoms with Crippen LogP contribution in [0.15, 0.2) is 0 Å². The van der Waals surface area contributed by atoms with Crippen molar-refractivity contribution in [2.75, 3.05) is 32.7 Å². The van der Waals surface area contributed by atoms with Crippen molar-refractivity contribution in [3.8, 4) is 0 Å². The average molecular weight is 255 g/mol. The van der Waals surface area contributed by atoms with Crippen molar-refractivity contribution in [3.63, 3.8) is 0 Å². The van der Waals surface area contributed by atoms with Crippen molar-refractivity contribution in [2.45, 2.75) is 46.1 Å². The fourth-order valence-corrected chi connectivity index (χ4v) is 2.41. The maximum atomic E-state index is 11.9. The van der Waals surface area contributed by atoms with E-state index in [9.17, 15) is 4.79 Å². The third-order valence-electron chi connectivity index (χ3n) is 3.52. The molecule has 0 aliphatic carbocycles. The summed E-state index contributed by atoms with van der Waals surface area (Å²) in [4.78, 5) is 14.4. The minimum atomic E-state index is 0.0498. The normalized spacial score (nSPS) is 20.4. The highest BCUT2D eigenvalue weighted by atomic mass is 16.1. The van der Waals surface area contributed by atoms with Gasteiger partial charge in [0.2, 0.25) is 5.91 Å². The maximum absolute atomic E-state index is 11.9. The van der Waals surface area contributed by atoms with Gasteiger partial charge in [-0.05, 0) is 39.4 Å². The third kappa shape index (κ3) is 5.83. The summed E-state index contributed by atoms with van der Waals surface area (Å²) in [6.45, 7) is 11.2. The van der Waals surface area contributed by atoms with Crippen LogP contribution in [0.4, 0.5) is 0 Å². The Balaban J connectivity index is 2.21. The SMILES string of the molecule is CCNCC(C)C(=O)NC(C)CN1CCCCC1. The predicted molar refractivity (Wildman–Crippen MR) is 75.6 cm³/mol. The Hall–Kier alpha value is -0.610. The summed E-state index contributed by atoms with van der Waals surface area (Å²) in [6.07, 6.45) is 3.96. The molecule has 0 aromatic heterocycles. The molecule has 1 rings (SSSR count). The molecule has 4 nitrogen and oxygen atoms in total. The lowest BCUT2D eigenvalue weighted by Crippen LogP contribution is -2.46. The van der Waals surface area contributed by atoms with E-state index < -0.39 is 0 Å². The first-order valence-electron chi connectivity index (χ1n) is 7.37. The number of carbonyl (C=O) groups is 1. The molecule has 1 fully saturated rings. The molecule has 1 saturated heterocycles. The number of nitrogens with one attached hydrogen (secondary N) is 2. The molecule has 2 unspecified atom stereocenters. The number of nitrogens with zero attached hydrogens (tertiary/aromatic N) is 1. The molecular formula is C14H29N3O. The van der Waals surface area contributed by atoms with Crippen LogP contribution < -0.4 is 10.6 Å². The third-order valence-corrected chi connectivity index (χ3v) is 3.52. The zero-order valence-corrected chi connectivity index (χ0v) is 12.2. The summed E-state index contributed by atoms with van der Waals surface area (Å²) < 4.78 is 0. The highest BCUT2D eigenvalue weighted by molar-refractivity contribution is 5.78. The van der Waals surface area contributed by atoms with E-state index in [0.29, 0.717) is 0 Å². The molecule has 2 N–H and O–H groups in total. The van der Waals surface area contributed by atoms with Gasteiger partial charge in [-0.3, -0.25) is 4.79 Å². The van der Waals surface area contributed by atoms with Crippen LogP contribution >= 0.6 is 0 Å². The molecule has 1 amide bonds. The van der Waals surface area contributed by atoms with Gasteiger partial charge in [-0.25, -0.2) is 0 Å². The molecule has 18 heavy (non-hydrogen) atoms. The summed E-state index contributed by atoms with van der Waals surface area (Å²) in [6, 6.07) is 0.250. The number of likely N-dealkylation sites (tertiary alicyclic amines) is 1. The second-order valence-electron chi connectivity index (χ2n) is 5.48. The van der Waals surface area contributed by atoms with Gasteiger partial charge in [0.25, 0.3) is 0 Å². The fraction of sp³-hybridized carbons (Fsp3) is 0.929. The van der Waals surface area contributed by atoms with E-state index >= 15 is 0 Å². The molecule has 1 heterocycles. The van der Waals surface area contributed by atoms with Crippen LogP contribution in [0.25, 0.3) is 0 Å². The summed E-state index contributed by atoms with van der Waals surface area (Å²) in [7, 11) is 0. The maximum Gasteiger partial charge on any atom is 0.224 e. The smallest absolute Gasteiger partial charge is 0.224 e. The molecule has 4 heteroatoms. The minimum absolute atomic E-state index is 0.0498. The summed E-state index contributed by atoms with van der Waals surface area (Å²) in [5, 5.41) is 6.33. The van der Waals surface area contributed by atoms with Crippen molar-refractivity contribution in [2.24, 2.45) is 5.92 Å². The van der Waals surface area contributed by atoms with Crippen LogP contribution in [0.5, 0.6) is 0 Å². The lowest BCUT2D eigenvalue weighted by Gasteiger charge is -2.29. The quantitative estimate of drug-likeness (QED) is 0.719. The molecule has 0 aromatic rings. The molecule has 0 spiro atoms. The van der Waals surface area contributed by atoms with Gasteiger partial charge in [0.15, 0.2) is 0 Å². The number of hydrogen-bond acceptors (Lipinski definition) is 3. The molecular weight excluding hydrogens is 226 g/mol. The first kappa shape index (κ1) is 15.4. The number of hydrogen-bond donors (Lipinski definition) is 2. The van der Waals surface area contributed by atoms with Crippen LogP contribution in [0.3, 0.4) is 0 Å². The van der Waals surface area contributed by atoms with E-state index in [2.05, 4.69) is 29.4 Å². The van der Waals surface area contributed by atoms with Gasteiger partial charge in [0.1, 0.15) is 0 Å². The number of carbonyl (C=O) groups excluding carboxylic acids is 1. The van der Waals surface area contributed by atoms with Crippen LogP contribution in [0, 0.1) is 5.92 Å². The number of amides is 1. The molecule has 0 aromatic carbocycles. The summed E-state index contributed by atoms with van der Waals surface area (Å²) in [5.41, 5.74) is 0. The summed E-state index contributed by atoms with van der Waals surface area (Å²) in [5.74, 6) is 0.217. The first-order chi connectivity index (χ1) is 8.63. The van der Waals surface area contributed by atoms with Crippen LogP contribution in [-0.4, -0.2) is 49.6 Å². The monoisotopic (exact) mass is 255 g/mol. The fourth-order valence-electron chi connectivity index (χ4n) is 2.41. The molecule has 0 saturated carbocycles. The molecule has 106 valence electrons. The van der Waals surface area contributed by atoms with Crippen LogP contribution in [-0.2, 0) is 4.79 Å². The lowest BCUT2D eigenvalue weighted by molar-refractivity contribution is -0.125. The first-order valence-corrected chi connectivity index (χ1v) is 7.37. The van der Waals surface area contributed by atoms with Crippen LogP contribution in [0.2, 0.25) is 0 Å². The van der Waals surface area contributed by atoms with E-state index in [1.807, 2.05) is 6.92 Å². The van der Waals surface area contributed by atoms with Gasteiger partial charge in [-0.2, -0.15) is 0 Å². The molecule has 1 aliphatic rings. The van der Waals surface area contributed by atoms with Gasteiger partial charge in [-0.15, -0.1) is 0 Å². The largest absolute Gasteiger partial charge is 0.352 e. The predicted octanol–water partition coefficient (Wildman–Crippen LogP) is 1.22. The number of piperidine rings is 1. The Morgan fingerprint density at radius 1 is 1.22 bits per heavy atom. The minimum Gasteiger partial charge on any atom is -0.352 e. The Kier molecular flexibility index (Phi) is 7.28. The van der Waals surface area contributed by atoms with Gasteiger partial charge < -0.3 is 15.5 Å². The van der Waals surface area contributed by atoms with Crippen molar-refractivity contribution in [1.82, 2.24) is 15.5 Å². The zero-order valence-electron chi connectivity index (χ0n) is 12.2. The second kappa shape index (κ2) is 8.48. The second-order valence-corrected chi connectivity index (χ2v) is 5.48. The Bertz CT molecular complexity index is 239. The van der Waals surface area contributed by atoms with Gasteiger partial charge in [0.05, 0.1) is 0 Å². The Labute approximate surface area is 111 Å². The highest BCUT2D eigenvalue weighted by Crippen LogP contribution is 2.08. The molecule has 0 bridgehead atoms. The van der Waals surface area contributed by atoms with E-state index in [0.717, 1.165) is 19.6 Å². The molecule has 2 atom stereocenters. The standard InChI is InChI=1S/C14H29N3O/c1-4-15-10-12(2)14(18)16-13(3)11-17-8-6-5-7-9-17/h12-13,15H,4-11H2,1-3H3,(H,16,18). The lowest BCUT2D eigenvalue weighted by atomic mass is 10.1. The molecule has 0 radical (unpaired) electrons. The highest BCUT2D eigenvalue weighted by Gasteiger charge is 2.17. The van der Waals surface area contributed by atoms with Crippen molar-refractivity contribution >= 4 is 5.91 Å². The zero-order chi connectivity index (χ0) is 13.4. The Morgan fingerprint density at radius 2 is 1.89 bits per heavy atom. The van der Waals surface area contributed by atoms with Crippen molar-refractivity contribution in [1.29, 1.82) is 0 Å². The van der Waals surface area contributed by atoms with E-state index in [-0.39, 0.29) is 17.9 Å². The van der Waals surface area contributed by atoms with Crippen molar-refractivity contribution in [3.05, 3.63) is 0 Å².